The fourth-order valence-corrected chi connectivity index (χ4v) is 2.30. The number of carbonyl (C=O) groups is 1. The van der Waals surface area contributed by atoms with Gasteiger partial charge in [0.1, 0.15) is 5.01 Å². The molecule has 0 bridgehead atoms. The van der Waals surface area contributed by atoms with E-state index in [1.807, 2.05) is 29.6 Å². The summed E-state index contributed by atoms with van der Waals surface area (Å²) in [5, 5.41) is 9.12. The Labute approximate surface area is 110 Å². The summed E-state index contributed by atoms with van der Waals surface area (Å²) in [7, 11) is 0. The van der Waals surface area contributed by atoms with E-state index in [0.29, 0.717) is 0 Å². The molecular formula is C13H15N3OS. The van der Waals surface area contributed by atoms with Crippen LogP contribution < -0.4 is 10.6 Å². The van der Waals surface area contributed by atoms with Crippen molar-refractivity contribution >= 4 is 28.6 Å². The summed E-state index contributed by atoms with van der Waals surface area (Å²) in [5.74, 6) is -0.0693. The Hall–Kier alpha value is -1.88. The quantitative estimate of drug-likeness (QED) is 0.888. The van der Waals surface area contributed by atoms with Gasteiger partial charge in [0, 0.05) is 29.9 Å². The minimum atomic E-state index is -0.0693. The van der Waals surface area contributed by atoms with Gasteiger partial charge < -0.3 is 10.6 Å². The third kappa shape index (κ3) is 3.30. The molecule has 0 radical (unpaired) electrons. The third-order valence-corrected chi connectivity index (χ3v) is 3.35. The molecule has 0 saturated heterocycles. The molecule has 2 N–H and O–H groups in total. The van der Waals surface area contributed by atoms with Gasteiger partial charge in [0.05, 0.1) is 6.04 Å². The second-order valence-corrected chi connectivity index (χ2v) is 4.92. The number of thiazole rings is 1. The molecule has 1 amide bonds. The highest BCUT2D eigenvalue weighted by Gasteiger charge is 2.07. The van der Waals surface area contributed by atoms with Crippen LogP contribution in [0.25, 0.3) is 0 Å². The summed E-state index contributed by atoms with van der Waals surface area (Å²) in [4.78, 5) is 15.3. The SMILES string of the molecule is CC(=O)Nc1cccc(NC(C)c2nccs2)c1. The van der Waals surface area contributed by atoms with E-state index in [4.69, 9.17) is 0 Å². The van der Waals surface area contributed by atoms with Crippen molar-refractivity contribution in [2.45, 2.75) is 19.9 Å². The highest BCUT2D eigenvalue weighted by molar-refractivity contribution is 7.09. The molecule has 1 atom stereocenters. The Kier molecular flexibility index (Phi) is 3.94. The van der Waals surface area contributed by atoms with Gasteiger partial charge in [-0.2, -0.15) is 0 Å². The molecule has 1 unspecified atom stereocenters. The summed E-state index contributed by atoms with van der Waals surface area (Å²) in [6.07, 6.45) is 1.80. The number of rotatable bonds is 4. The maximum absolute atomic E-state index is 11.0. The Morgan fingerprint density at radius 2 is 2.17 bits per heavy atom. The fraction of sp³-hybridized carbons (Fsp3) is 0.231. The molecular weight excluding hydrogens is 246 g/mol. The third-order valence-electron chi connectivity index (χ3n) is 2.39. The number of amides is 1. The lowest BCUT2D eigenvalue weighted by Crippen LogP contribution is -2.08. The lowest BCUT2D eigenvalue weighted by Gasteiger charge is -2.13. The van der Waals surface area contributed by atoms with Crippen LogP contribution in [-0.4, -0.2) is 10.9 Å². The van der Waals surface area contributed by atoms with E-state index in [-0.39, 0.29) is 11.9 Å². The van der Waals surface area contributed by atoms with Gasteiger partial charge in [-0.25, -0.2) is 4.98 Å². The number of aromatic nitrogens is 1. The van der Waals surface area contributed by atoms with Gasteiger partial charge >= 0.3 is 0 Å². The van der Waals surface area contributed by atoms with Gasteiger partial charge in [0.25, 0.3) is 0 Å². The summed E-state index contributed by atoms with van der Waals surface area (Å²) in [6.45, 7) is 3.56. The van der Waals surface area contributed by atoms with Crippen molar-refractivity contribution in [1.82, 2.24) is 4.98 Å². The van der Waals surface area contributed by atoms with Gasteiger partial charge in [-0.15, -0.1) is 11.3 Å². The molecule has 0 spiro atoms. The zero-order valence-corrected chi connectivity index (χ0v) is 11.1. The van der Waals surface area contributed by atoms with E-state index >= 15 is 0 Å². The summed E-state index contributed by atoms with van der Waals surface area (Å²) >= 11 is 1.62. The topological polar surface area (TPSA) is 54.0 Å². The van der Waals surface area contributed by atoms with E-state index in [0.717, 1.165) is 16.4 Å². The molecule has 0 aliphatic carbocycles. The smallest absolute Gasteiger partial charge is 0.221 e. The molecule has 18 heavy (non-hydrogen) atoms. The molecule has 0 fully saturated rings. The van der Waals surface area contributed by atoms with Crippen molar-refractivity contribution in [2.24, 2.45) is 0 Å². The van der Waals surface area contributed by atoms with Gasteiger partial charge in [-0.05, 0) is 25.1 Å². The molecule has 0 aliphatic rings. The van der Waals surface area contributed by atoms with Crippen LogP contribution in [0.4, 0.5) is 11.4 Å². The highest BCUT2D eigenvalue weighted by Crippen LogP contribution is 2.22. The molecule has 94 valence electrons. The Morgan fingerprint density at radius 1 is 1.39 bits per heavy atom. The zero-order chi connectivity index (χ0) is 13.0. The van der Waals surface area contributed by atoms with Crippen molar-refractivity contribution < 1.29 is 4.79 Å². The number of benzene rings is 1. The van der Waals surface area contributed by atoms with E-state index in [2.05, 4.69) is 22.5 Å². The first kappa shape index (κ1) is 12.6. The van der Waals surface area contributed by atoms with E-state index < -0.39 is 0 Å². The van der Waals surface area contributed by atoms with Gasteiger partial charge in [-0.1, -0.05) is 6.07 Å². The minimum absolute atomic E-state index is 0.0693. The van der Waals surface area contributed by atoms with Crippen LogP contribution >= 0.6 is 11.3 Å². The zero-order valence-electron chi connectivity index (χ0n) is 10.3. The summed E-state index contributed by atoms with van der Waals surface area (Å²) in [5.41, 5.74) is 1.75. The predicted molar refractivity (Wildman–Crippen MR) is 74.9 cm³/mol. The lowest BCUT2D eigenvalue weighted by atomic mass is 10.2. The number of hydrogen-bond donors (Lipinski definition) is 2. The second-order valence-electron chi connectivity index (χ2n) is 4.00. The average molecular weight is 261 g/mol. The molecule has 5 heteroatoms. The predicted octanol–water partition coefficient (Wildman–Crippen LogP) is 3.27. The fourth-order valence-electron chi connectivity index (χ4n) is 1.65. The van der Waals surface area contributed by atoms with Crippen molar-refractivity contribution in [1.29, 1.82) is 0 Å². The van der Waals surface area contributed by atoms with E-state index in [1.165, 1.54) is 6.92 Å². The van der Waals surface area contributed by atoms with Gasteiger partial charge in [0.2, 0.25) is 5.91 Å². The van der Waals surface area contributed by atoms with Crippen molar-refractivity contribution in [3.05, 3.63) is 40.8 Å². The maximum Gasteiger partial charge on any atom is 0.221 e. The Bertz CT molecular complexity index is 525. The minimum Gasteiger partial charge on any atom is -0.376 e. The Balaban J connectivity index is 2.07. The molecule has 4 nitrogen and oxygen atoms in total. The molecule has 2 aromatic rings. The van der Waals surface area contributed by atoms with E-state index in [9.17, 15) is 4.79 Å². The summed E-state index contributed by atoms with van der Waals surface area (Å²) < 4.78 is 0. The molecule has 0 aliphatic heterocycles. The number of hydrogen-bond acceptors (Lipinski definition) is 4. The van der Waals surface area contributed by atoms with Gasteiger partial charge in [0.15, 0.2) is 0 Å². The number of nitrogens with zero attached hydrogens (tertiary/aromatic N) is 1. The molecule has 1 heterocycles. The average Bonchev–Trinajstić information content (AvgIpc) is 2.81. The summed E-state index contributed by atoms with van der Waals surface area (Å²) in [6, 6.07) is 7.79. The van der Waals surface area contributed by atoms with E-state index in [1.54, 1.807) is 17.5 Å². The highest BCUT2D eigenvalue weighted by atomic mass is 32.1. The monoisotopic (exact) mass is 261 g/mol. The van der Waals surface area contributed by atoms with Crippen LogP contribution in [0.15, 0.2) is 35.8 Å². The molecule has 1 aromatic carbocycles. The number of nitrogens with one attached hydrogen (secondary N) is 2. The first-order valence-electron chi connectivity index (χ1n) is 5.69. The van der Waals surface area contributed by atoms with Crippen LogP contribution in [0, 0.1) is 0 Å². The van der Waals surface area contributed by atoms with Crippen LogP contribution in [-0.2, 0) is 4.79 Å². The van der Waals surface area contributed by atoms with Crippen molar-refractivity contribution in [3.63, 3.8) is 0 Å². The molecule has 1 aromatic heterocycles. The molecule has 0 saturated carbocycles. The first-order valence-corrected chi connectivity index (χ1v) is 6.56. The molecule has 2 rings (SSSR count). The normalized spacial score (nSPS) is 11.9. The largest absolute Gasteiger partial charge is 0.376 e. The number of carbonyl (C=O) groups excluding carboxylic acids is 1. The standard InChI is InChI=1S/C13H15N3OS/c1-9(13-14-6-7-18-13)15-11-4-3-5-12(8-11)16-10(2)17/h3-9,15H,1-2H3,(H,16,17). The Morgan fingerprint density at radius 3 is 2.83 bits per heavy atom. The lowest BCUT2D eigenvalue weighted by molar-refractivity contribution is -0.114. The van der Waals surface area contributed by atoms with Crippen LogP contribution in [0.1, 0.15) is 24.9 Å². The van der Waals surface area contributed by atoms with Crippen molar-refractivity contribution in [2.75, 3.05) is 10.6 Å². The van der Waals surface area contributed by atoms with Crippen LogP contribution in [0.3, 0.4) is 0 Å². The maximum atomic E-state index is 11.0. The van der Waals surface area contributed by atoms with Gasteiger partial charge in [-0.3, -0.25) is 4.79 Å². The number of anilines is 2. The van der Waals surface area contributed by atoms with Crippen LogP contribution in [0.5, 0.6) is 0 Å². The second kappa shape index (κ2) is 5.64. The van der Waals surface area contributed by atoms with Crippen LogP contribution in [0.2, 0.25) is 0 Å². The first-order chi connectivity index (χ1) is 8.65. The van der Waals surface area contributed by atoms with Crippen molar-refractivity contribution in [3.8, 4) is 0 Å².